The average molecular weight is 405 g/mol. The number of oxazole rings is 1. The van der Waals surface area contributed by atoms with Gasteiger partial charge in [-0.3, -0.25) is 4.79 Å². The Morgan fingerprint density at radius 2 is 1.73 bits per heavy atom. The molecule has 0 saturated carbocycles. The number of ether oxygens (including phenoxy) is 1. The van der Waals surface area contributed by atoms with Gasteiger partial charge in [0.05, 0.1) is 0 Å². The van der Waals surface area contributed by atoms with E-state index < -0.39 is 0 Å². The molecule has 5 heteroatoms. The van der Waals surface area contributed by atoms with E-state index in [1.807, 2.05) is 67.3 Å². The van der Waals surface area contributed by atoms with Crippen LogP contribution in [0.5, 0.6) is 5.75 Å². The highest BCUT2D eigenvalue weighted by molar-refractivity contribution is 5.94. The summed E-state index contributed by atoms with van der Waals surface area (Å²) in [6, 6.07) is 15.4. The zero-order valence-electron chi connectivity index (χ0n) is 17.9. The summed E-state index contributed by atoms with van der Waals surface area (Å²) in [6.07, 6.45) is 2.15. The highest BCUT2D eigenvalue weighted by Crippen LogP contribution is 2.24. The quantitative estimate of drug-likeness (QED) is 0.571. The Morgan fingerprint density at radius 3 is 2.40 bits per heavy atom. The summed E-state index contributed by atoms with van der Waals surface area (Å²) >= 11 is 0. The Balaban J connectivity index is 1.42. The minimum absolute atomic E-state index is 0.101. The minimum atomic E-state index is 0.101. The van der Waals surface area contributed by atoms with Gasteiger partial charge in [0.25, 0.3) is 5.91 Å². The van der Waals surface area contributed by atoms with Crippen LogP contribution in [0.25, 0.3) is 11.5 Å². The summed E-state index contributed by atoms with van der Waals surface area (Å²) < 4.78 is 11.7. The van der Waals surface area contributed by atoms with Crippen molar-refractivity contribution >= 4 is 5.91 Å². The first kappa shape index (κ1) is 20.2. The Hall–Kier alpha value is -3.08. The van der Waals surface area contributed by atoms with Crippen LogP contribution in [0.15, 0.2) is 52.9 Å². The third-order valence-electron chi connectivity index (χ3n) is 5.74. The summed E-state index contributed by atoms with van der Waals surface area (Å²) in [5.41, 5.74) is 3.52. The number of aromatic nitrogens is 1. The van der Waals surface area contributed by atoms with E-state index in [4.69, 9.17) is 9.15 Å². The number of carbonyl (C=O) groups is 1. The highest BCUT2D eigenvalue weighted by Gasteiger charge is 2.21. The lowest BCUT2D eigenvalue weighted by Crippen LogP contribution is -2.37. The van der Waals surface area contributed by atoms with Crippen molar-refractivity contribution < 1.29 is 13.9 Å². The monoisotopic (exact) mass is 404 g/mol. The molecule has 0 N–H and O–H groups in total. The summed E-state index contributed by atoms with van der Waals surface area (Å²) in [6.45, 7) is 8.21. The Labute approximate surface area is 177 Å². The first-order valence-electron chi connectivity index (χ1n) is 10.5. The van der Waals surface area contributed by atoms with Crippen molar-refractivity contribution in [3.63, 3.8) is 0 Å². The fourth-order valence-corrected chi connectivity index (χ4v) is 3.62. The van der Waals surface area contributed by atoms with E-state index in [9.17, 15) is 4.79 Å². The van der Waals surface area contributed by atoms with Gasteiger partial charge < -0.3 is 14.1 Å². The number of amides is 1. The number of nitrogens with zero attached hydrogens (tertiary/aromatic N) is 2. The molecule has 2 aromatic carbocycles. The maximum atomic E-state index is 12.7. The zero-order valence-corrected chi connectivity index (χ0v) is 17.9. The number of carbonyl (C=O) groups excluding carboxylic acids is 1. The van der Waals surface area contributed by atoms with Gasteiger partial charge >= 0.3 is 0 Å². The van der Waals surface area contributed by atoms with E-state index in [0.717, 1.165) is 48.7 Å². The van der Waals surface area contributed by atoms with Crippen LogP contribution in [-0.2, 0) is 6.61 Å². The molecule has 1 aromatic heterocycles. The first-order chi connectivity index (χ1) is 14.5. The predicted octanol–water partition coefficient (Wildman–Crippen LogP) is 5.41. The lowest BCUT2D eigenvalue weighted by atomic mass is 9.98. The fraction of sp³-hybridized carbons (Fsp3) is 0.360. The number of benzene rings is 2. The molecule has 156 valence electrons. The lowest BCUT2D eigenvalue weighted by Gasteiger charge is -2.30. The molecule has 2 heterocycles. The third kappa shape index (κ3) is 4.56. The van der Waals surface area contributed by atoms with Gasteiger partial charge in [-0.25, -0.2) is 4.98 Å². The van der Waals surface area contributed by atoms with E-state index in [1.54, 1.807) is 0 Å². The van der Waals surface area contributed by atoms with E-state index in [0.29, 0.717) is 24.0 Å². The summed E-state index contributed by atoms with van der Waals surface area (Å²) in [5, 5.41) is 0. The second kappa shape index (κ2) is 8.74. The van der Waals surface area contributed by atoms with Gasteiger partial charge in [0.15, 0.2) is 0 Å². The number of rotatable bonds is 5. The summed E-state index contributed by atoms with van der Waals surface area (Å²) in [4.78, 5) is 19.3. The van der Waals surface area contributed by atoms with Crippen LogP contribution < -0.4 is 4.74 Å². The number of hydrogen-bond donors (Lipinski definition) is 0. The number of hydrogen-bond acceptors (Lipinski definition) is 4. The molecule has 0 spiro atoms. The van der Waals surface area contributed by atoms with Crippen LogP contribution in [0, 0.1) is 19.8 Å². The van der Waals surface area contributed by atoms with Gasteiger partial charge in [-0.15, -0.1) is 0 Å². The average Bonchev–Trinajstić information content (AvgIpc) is 3.14. The fourth-order valence-electron chi connectivity index (χ4n) is 3.62. The van der Waals surface area contributed by atoms with Gasteiger partial charge in [0.2, 0.25) is 5.89 Å². The van der Waals surface area contributed by atoms with Crippen molar-refractivity contribution in [1.82, 2.24) is 9.88 Å². The van der Waals surface area contributed by atoms with Crippen molar-refractivity contribution in [3.8, 4) is 17.2 Å². The molecule has 0 atom stereocenters. The molecule has 1 amide bonds. The topological polar surface area (TPSA) is 55.6 Å². The highest BCUT2D eigenvalue weighted by atomic mass is 16.5. The van der Waals surface area contributed by atoms with Crippen molar-refractivity contribution in [2.75, 3.05) is 13.1 Å². The second-order valence-electron chi connectivity index (χ2n) is 8.18. The van der Waals surface area contributed by atoms with Gasteiger partial charge in [-0.05, 0) is 69.0 Å². The maximum Gasteiger partial charge on any atom is 0.253 e. The van der Waals surface area contributed by atoms with Gasteiger partial charge in [0.1, 0.15) is 23.8 Å². The zero-order chi connectivity index (χ0) is 21.1. The molecule has 0 aliphatic carbocycles. The molecule has 3 aromatic rings. The van der Waals surface area contributed by atoms with Gasteiger partial charge in [0, 0.05) is 24.2 Å². The Kier molecular flexibility index (Phi) is 5.88. The van der Waals surface area contributed by atoms with Gasteiger partial charge in [-0.1, -0.05) is 24.6 Å². The molecule has 0 bridgehead atoms. The molecule has 1 saturated heterocycles. The molecular formula is C25H28N2O3. The van der Waals surface area contributed by atoms with E-state index in [-0.39, 0.29) is 5.91 Å². The second-order valence-corrected chi connectivity index (χ2v) is 8.18. The van der Waals surface area contributed by atoms with Crippen LogP contribution in [0.2, 0.25) is 0 Å². The van der Waals surface area contributed by atoms with Crippen LogP contribution in [-0.4, -0.2) is 28.9 Å². The van der Waals surface area contributed by atoms with E-state index in [1.165, 1.54) is 5.56 Å². The van der Waals surface area contributed by atoms with Crippen molar-refractivity contribution in [3.05, 3.63) is 71.1 Å². The van der Waals surface area contributed by atoms with E-state index >= 15 is 0 Å². The van der Waals surface area contributed by atoms with Crippen molar-refractivity contribution in [2.24, 2.45) is 5.92 Å². The SMILES string of the molecule is Cc1ccc(OCc2nc(-c3ccc(C(=O)N4CCC(C)CC4)cc3)oc2C)cc1. The summed E-state index contributed by atoms with van der Waals surface area (Å²) in [5.74, 6) is 2.89. The maximum absolute atomic E-state index is 12.7. The molecule has 1 aliphatic heterocycles. The molecular weight excluding hydrogens is 376 g/mol. The van der Waals surface area contributed by atoms with Crippen LogP contribution in [0.4, 0.5) is 0 Å². The standard InChI is InChI=1S/C25H28N2O3/c1-17-4-10-22(11-5-17)29-16-23-19(3)30-24(26-23)20-6-8-21(9-7-20)25(28)27-14-12-18(2)13-15-27/h4-11,18H,12-16H2,1-3H3. The van der Waals surface area contributed by atoms with Crippen LogP contribution in [0.3, 0.4) is 0 Å². The molecule has 30 heavy (non-hydrogen) atoms. The normalized spacial score (nSPS) is 14.7. The molecule has 1 fully saturated rings. The number of piperidine rings is 1. The molecule has 5 nitrogen and oxygen atoms in total. The molecule has 0 radical (unpaired) electrons. The number of likely N-dealkylation sites (tertiary alicyclic amines) is 1. The number of aryl methyl sites for hydroxylation is 2. The molecule has 4 rings (SSSR count). The van der Waals surface area contributed by atoms with Crippen LogP contribution in [0.1, 0.15) is 47.1 Å². The Bertz CT molecular complexity index is 998. The van der Waals surface area contributed by atoms with Gasteiger partial charge in [-0.2, -0.15) is 0 Å². The third-order valence-corrected chi connectivity index (χ3v) is 5.74. The predicted molar refractivity (Wildman–Crippen MR) is 116 cm³/mol. The van der Waals surface area contributed by atoms with Crippen molar-refractivity contribution in [1.29, 1.82) is 0 Å². The molecule has 0 unspecified atom stereocenters. The lowest BCUT2D eigenvalue weighted by molar-refractivity contribution is 0.0697. The smallest absolute Gasteiger partial charge is 0.253 e. The largest absolute Gasteiger partial charge is 0.487 e. The van der Waals surface area contributed by atoms with E-state index in [2.05, 4.69) is 11.9 Å². The van der Waals surface area contributed by atoms with Crippen molar-refractivity contribution in [2.45, 2.75) is 40.2 Å². The first-order valence-corrected chi connectivity index (χ1v) is 10.5. The molecule has 1 aliphatic rings. The van der Waals surface area contributed by atoms with Crippen LogP contribution >= 0.6 is 0 Å². The summed E-state index contributed by atoms with van der Waals surface area (Å²) in [7, 11) is 0. The minimum Gasteiger partial charge on any atom is -0.487 e. The Morgan fingerprint density at radius 1 is 1.07 bits per heavy atom.